The van der Waals surface area contributed by atoms with Crippen LogP contribution in [0.15, 0.2) is 28.2 Å². The third-order valence-electron chi connectivity index (χ3n) is 4.68. The lowest BCUT2D eigenvalue weighted by Crippen LogP contribution is -2.58. The zero-order chi connectivity index (χ0) is 19.8. The van der Waals surface area contributed by atoms with Crippen molar-refractivity contribution >= 4 is 23.6 Å². The molecule has 1 aliphatic carbocycles. The molecular formula is C19H26FN5O2. The maximum Gasteiger partial charge on any atom is 0.341 e. The molecule has 7 nitrogen and oxygen atoms in total. The summed E-state index contributed by atoms with van der Waals surface area (Å²) in [5.41, 5.74) is 11.0. The van der Waals surface area contributed by atoms with Crippen LogP contribution in [0.3, 0.4) is 0 Å². The fraction of sp³-hybridized carbons (Fsp3) is 0.526. The maximum atomic E-state index is 14.7. The maximum absolute atomic E-state index is 14.7. The van der Waals surface area contributed by atoms with Gasteiger partial charge in [-0.3, -0.25) is 4.90 Å². The molecule has 4 N–H and O–H groups in total. The van der Waals surface area contributed by atoms with E-state index in [0.717, 1.165) is 32.1 Å². The van der Waals surface area contributed by atoms with Gasteiger partial charge in [0, 0.05) is 5.69 Å². The molecule has 8 heteroatoms. The first-order valence-corrected chi connectivity index (χ1v) is 9.14. The van der Waals surface area contributed by atoms with Gasteiger partial charge in [0.05, 0.1) is 5.56 Å². The average Bonchev–Trinajstić information content (AvgIpc) is 2.53. The number of hydrogen-bond donors (Lipinski definition) is 2. The van der Waals surface area contributed by atoms with Crippen molar-refractivity contribution in [2.24, 2.45) is 21.5 Å². The lowest BCUT2D eigenvalue weighted by molar-refractivity contribution is 0.00648. The van der Waals surface area contributed by atoms with Gasteiger partial charge in [0.2, 0.25) is 11.9 Å². The summed E-state index contributed by atoms with van der Waals surface area (Å²) < 4.78 is 20.0. The van der Waals surface area contributed by atoms with Crippen LogP contribution in [0.4, 0.5) is 10.1 Å². The van der Waals surface area contributed by atoms with Crippen molar-refractivity contribution in [3.63, 3.8) is 0 Å². The van der Waals surface area contributed by atoms with Gasteiger partial charge in [-0.05, 0) is 64.7 Å². The van der Waals surface area contributed by atoms with Crippen LogP contribution in [-0.2, 0) is 4.74 Å². The molecule has 0 atom stereocenters. The van der Waals surface area contributed by atoms with Crippen molar-refractivity contribution in [3.8, 4) is 0 Å². The van der Waals surface area contributed by atoms with Crippen LogP contribution in [0, 0.1) is 5.82 Å². The summed E-state index contributed by atoms with van der Waals surface area (Å²) in [5, 5.41) is 0. The Kier molecular flexibility index (Phi) is 4.84. The van der Waals surface area contributed by atoms with E-state index in [9.17, 15) is 9.18 Å². The molecule has 0 unspecified atom stereocenters. The van der Waals surface area contributed by atoms with Gasteiger partial charge in [-0.2, -0.15) is 4.99 Å². The number of aliphatic imine (C=N–C) groups is 2. The molecule has 2 aliphatic rings. The molecule has 1 heterocycles. The van der Waals surface area contributed by atoms with E-state index in [-0.39, 0.29) is 17.5 Å². The second kappa shape index (κ2) is 6.83. The van der Waals surface area contributed by atoms with E-state index in [2.05, 4.69) is 9.98 Å². The van der Waals surface area contributed by atoms with Crippen molar-refractivity contribution in [2.75, 3.05) is 4.90 Å². The predicted octanol–water partition coefficient (Wildman–Crippen LogP) is 2.89. The summed E-state index contributed by atoms with van der Waals surface area (Å²) in [6, 6.07) is 4.32. The SMILES string of the molecule is CC(C)(C)OC(=O)c1ccc(N2C(N)=NC(N)=NC23CCCCC3)cc1F. The number of halogens is 1. The zero-order valence-electron chi connectivity index (χ0n) is 16.0. The molecule has 27 heavy (non-hydrogen) atoms. The number of guanidine groups is 2. The molecule has 0 amide bonds. The van der Waals surface area contributed by atoms with Gasteiger partial charge in [0.15, 0.2) is 0 Å². The van der Waals surface area contributed by atoms with Crippen LogP contribution in [0.5, 0.6) is 0 Å². The van der Waals surface area contributed by atoms with Gasteiger partial charge in [-0.25, -0.2) is 14.2 Å². The Morgan fingerprint density at radius 1 is 1.22 bits per heavy atom. The van der Waals surface area contributed by atoms with Gasteiger partial charge in [-0.15, -0.1) is 0 Å². The first kappa shape index (κ1) is 19.1. The van der Waals surface area contributed by atoms with Crippen molar-refractivity contribution in [1.29, 1.82) is 0 Å². The molecule has 1 saturated carbocycles. The molecule has 1 spiro atoms. The molecule has 0 radical (unpaired) electrons. The van der Waals surface area contributed by atoms with Crippen LogP contribution in [0.2, 0.25) is 0 Å². The van der Waals surface area contributed by atoms with E-state index in [1.807, 2.05) is 0 Å². The molecule has 146 valence electrons. The average molecular weight is 375 g/mol. The van der Waals surface area contributed by atoms with Crippen molar-refractivity contribution in [2.45, 2.75) is 64.1 Å². The largest absolute Gasteiger partial charge is 0.456 e. The van der Waals surface area contributed by atoms with Gasteiger partial charge >= 0.3 is 5.97 Å². The number of nitrogens with zero attached hydrogens (tertiary/aromatic N) is 3. The van der Waals surface area contributed by atoms with Crippen LogP contribution in [-0.4, -0.2) is 29.2 Å². The fourth-order valence-corrected chi connectivity index (χ4v) is 3.64. The van der Waals surface area contributed by atoms with E-state index in [0.29, 0.717) is 5.69 Å². The minimum atomic E-state index is -0.707. The third-order valence-corrected chi connectivity index (χ3v) is 4.68. The predicted molar refractivity (Wildman–Crippen MR) is 103 cm³/mol. The second-order valence-electron chi connectivity index (χ2n) is 7.98. The number of benzene rings is 1. The number of ether oxygens (including phenoxy) is 1. The van der Waals surface area contributed by atoms with Crippen LogP contribution in [0.25, 0.3) is 0 Å². The van der Waals surface area contributed by atoms with E-state index in [1.54, 1.807) is 31.7 Å². The molecule has 0 bridgehead atoms. The highest BCUT2D eigenvalue weighted by atomic mass is 19.1. The van der Waals surface area contributed by atoms with Crippen LogP contribution >= 0.6 is 0 Å². The molecule has 1 aromatic carbocycles. The monoisotopic (exact) mass is 375 g/mol. The molecule has 1 fully saturated rings. The smallest absolute Gasteiger partial charge is 0.341 e. The highest BCUT2D eigenvalue weighted by Crippen LogP contribution is 2.39. The number of hydrogen-bond acceptors (Lipinski definition) is 7. The number of carbonyl (C=O) groups is 1. The lowest BCUT2D eigenvalue weighted by atomic mass is 9.87. The number of rotatable bonds is 2. The molecule has 0 saturated heterocycles. The quantitative estimate of drug-likeness (QED) is 0.773. The number of nitrogens with two attached hydrogens (primary N) is 2. The normalized spacial score (nSPS) is 19.5. The van der Waals surface area contributed by atoms with E-state index in [1.165, 1.54) is 12.1 Å². The number of carbonyl (C=O) groups excluding carboxylic acids is 1. The van der Waals surface area contributed by atoms with Crippen LogP contribution < -0.4 is 16.4 Å². The molecule has 1 aliphatic heterocycles. The Balaban J connectivity index is 1.96. The summed E-state index contributed by atoms with van der Waals surface area (Å²) in [6.45, 7) is 5.20. The van der Waals surface area contributed by atoms with Gasteiger partial charge in [-0.1, -0.05) is 6.42 Å². The summed E-state index contributed by atoms with van der Waals surface area (Å²) in [6.07, 6.45) is 4.55. The minimum Gasteiger partial charge on any atom is -0.456 e. The standard InChI is InChI=1S/C19H26FN5O2/c1-18(2,3)27-15(26)13-8-7-12(11-14(13)20)25-17(22)23-16(21)24-19(25)9-5-4-6-10-19/h7-8,11H,4-6,9-10H2,1-3H3,(H4,21,22,23,24). The second-order valence-corrected chi connectivity index (χ2v) is 7.98. The van der Waals surface area contributed by atoms with Crippen LogP contribution in [0.1, 0.15) is 63.2 Å². The van der Waals surface area contributed by atoms with E-state index >= 15 is 0 Å². The van der Waals surface area contributed by atoms with Crippen molar-refractivity contribution in [1.82, 2.24) is 0 Å². The lowest BCUT2D eigenvalue weighted by Gasteiger charge is -2.45. The zero-order valence-corrected chi connectivity index (χ0v) is 16.0. The Morgan fingerprint density at radius 3 is 2.48 bits per heavy atom. The Labute approximate surface area is 158 Å². The number of esters is 1. The number of anilines is 1. The van der Waals surface area contributed by atoms with Gasteiger partial charge in [0.1, 0.15) is 17.1 Å². The topological polar surface area (TPSA) is 106 Å². The molecule has 3 rings (SSSR count). The summed E-state index contributed by atoms with van der Waals surface area (Å²) in [7, 11) is 0. The van der Waals surface area contributed by atoms with Gasteiger partial charge in [0.25, 0.3) is 0 Å². The highest BCUT2D eigenvalue weighted by molar-refractivity contribution is 6.05. The third kappa shape index (κ3) is 3.89. The summed E-state index contributed by atoms with van der Waals surface area (Å²) >= 11 is 0. The minimum absolute atomic E-state index is 0.123. The van der Waals surface area contributed by atoms with Gasteiger partial charge < -0.3 is 16.2 Å². The first-order valence-electron chi connectivity index (χ1n) is 9.14. The Hall–Kier alpha value is -2.64. The van der Waals surface area contributed by atoms with Crippen molar-refractivity contribution in [3.05, 3.63) is 29.6 Å². The summed E-state index contributed by atoms with van der Waals surface area (Å²) in [5.74, 6) is -1.07. The highest BCUT2D eigenvalue weighted by Gasteiger charge is 2.42. The Bertz CT molecular complexity index is 807. The molecule has 0 aromatic heterocycles. The molecule has 1 aromatic rings. The first-order chi connectivity index (χ1) is 12.6. The van der Waals surface area contributed by atoms with E-state index in [4.69, 9.17) is 16.2 Å². The Morgan fingerprint density at radius 2 is 1.89 bits per heavy atom. The fourth-order valence-electron chi connectivity index (χ4n) is 3.64. The van der Waals surface area contributed by atoms with Crippen molar-refractivity contribution < 1.29 is 13.9 Å². The van der Waals surface area contributed by atoms with E-state index < -0.39 is 23.1 Å². The summed E-state index contributed by atoms with van der Waals surface area (Å²) in [4.78, 5) is 22.6. The molecular weight excluding hydrogens is 349 g/mol.